The van der Waals surface area contributed by atoms with E-state index in [4.69, 9.17) is 17.3 Å². The zero-order valence-corrected chi connectivity index (χ0v) is 13.0. The summed E-state index contributed by atoms with van der Waals surface area (Å²) in [6.45, 7) is 5.64. The summed E-state index contributed by atoms with van der Waals surface area (Å²) in [7, 11) is 0. The van der Waals surface area contributed by atoms with Crippen molar-refractivity contribution >= 4 is 23.2 Å². The monoisotopic (exact) mass is 307 g/mol. The number of hydrogen-bond donors (Lipinski definition) is 2. The van der Waals surface area contributed by atoms with Gasteiger partial charge in [-0.25, -0.2) is 4.68 Å². The highest BCUT2D eigenvalue weighted by atomic mass is 35.5. The Morgan fingerprint density at radius 3 is 2.76 bits per heavy atom. The number of aromatic nitrogens is 3. The largest absolute Gasteiger partial charge is 0.323 e. The standard InChI is InChI=1S/C14H18ClN5O/c1-9-4-5-11(10(15)6-9)17-13(21)8-20-7-12(18-19-20)14(2,3)16/h4-7H,8,16H2,1-3H3,(H,17,21). The summed E-state index contributed by atoms with van der Waals surface area (Å²) in [5.74, 6) is -0.230. The van der Waals surface area contributed by atoms with Gasteiger partial charge in [-0.1, -0.05) is 22.9 Å². The fourth-order valence-electron chi connectivity index (χ4n) is 1.73. The van der Waals surface area contributed by atoms with E-state index in [2.05, 4.69) is 15.6 Å². The van der Waals surface area contributed by atoms with Crippen LogP contribution in [-0.2, 0) is 16.9 Å². The number of amides is 1. The van der Waals surface area contributed by atoms with E-state index in [0.29, 0.717) is 16.4 Å². The van der Waals surface area contributed by atoms with Crippen LogP contribution in [0.15, 0.2) is 24.4 Å². The molecule has 0 saturated heterocycles. The second-order valence-corrected chi connectivity index (χ2v) is 5.96. The van der Waals surface area contributed by atoms with Crippen molar-refractivity contribution in [2.75, 3.05) is 5.32 Å². The Morgan fingerprint density at radius 2 is 2.19 bits per heavy atom. The highest BCUT2D eigenvalue weighted by Crippen LogP contribution is 2.22. The van der Waals surface area contributed by atoms with Crippen molar-refractivity contribution in [3.05, 3.63) is 40.7 Å². The number of carbonyl (C=O) groups is 1. The molecule has 2 rings (SSSR count). The molecule has 2 aromatic rings. The summed E-state index contributed by atoms with van der Waals surface area (Å²) in [6.07, 6.45) is 1.66. The third kappa shape index (κ3) is 4.03. The van der Waals surface area contributed by atoms with Crippen LogP contribution in [0.2, 0.25) is 5.02 Å². The van der Waals surface area contributed by atoms with Crippen LogP contribution in [0.1, 0.15) is 25.1 Å². The second-order valence-electron chi connectivity index (χ2n) is 5.55. The van der Waals surface area contributed by atoms with Gasteiger partial charge in [-0.05, 0) is 38.5 Å². The van der Waals surface area contributed by atoms with E-state index < -0.39 is 5.54 Å². The molecule has 21 heavy (non-hydrogen) atoms. The maximum absolute atomic E-state index is 12.0. The number of rotatable bonds is 4. The van der Waals surface area contributed by atoms with E-state index in [1.54, 1.807) is 18.3 Å². The topological polar surface area (TPSA) is 85.8 Å². The lowest BCUT2D eigenvalue weighted by atomic mass is 10.0. The molecule has 0 aliphatic heterocycles. The van der Waals surface area contributed by atoms with E-state index in [1.165, 1.54) is 4.68 Å². The average Bonchev–Trinajstić information content (AvgIpc) is 2.81. The first-order chi connectivity index (χ1) is 9.75. The van der Waals surface area contributed by atoms with Crippen molar-refractivity contribution in [2.24, 2.45) is 5.73 Å². The van der Waals surface area contributed by atoms with E-state index in [-0.39, 0.29) is 12.5 Å². The highest BCUT2D eigenvalue weighted by Gasteiger charge is 2.19. The first kappa shape index (κ1) is 15.5. The number of carbonyl (C=O) groups excluding carboxylic acids is 1. The molecule has 112 valence electrons. The average molecular weight is 308 g/mol. The Labute approximate surface area is 128 Å². The number of nitrogens with zero attached hydrogens (tertiary/aromatic N) is 3. The van der Waals surface area contributed by atoms with Gasteiger partial charge >= 0.3 is 0 Å². The van der Waals surface area contributed by atoms with Crippen LogP contribution in [0.5, 0.6) is 0 Å². The number of benzene rings is 1. The number of nitrogens with one attached hydrogen (secondary N) is 1. The van der Waals surface area contributed by atoms with E-state index >= 15 is 0 Å². The zero-order chi connectivity index (χ0) is 15.6. The smallest absolute Gasteiger partial charge is 0.246 e. The molecule has 0 aliphatic carbocycles. The number of anilines is 1. The van der Waals surface area contributed by atoms with E-state index in [1.807, 2.05) is 26.8 Å². The van der Waals surface area contributed by atoms with Crippen LogP contribution in [-0.4, -0.2) is 20.9 Å². The van der Waals surface area contributed by atoms with E-state index in [9.17, 15) is 4.79 Å². The van der Waals surface area contributed by atoms with Crippen molar-refractivity contribution in [2.45, 2.75) is 32.9 Å². The molecule has 1 aromatic carbocycles. The molecule has 1 heterocycles. The Bertz CT molecular complexity index is 660. The molecule has 0 aliphatic rings. The summed E-state index contributed by atoms with van der Waals surface area (Å²) in [5.41, 5.74) is 7.57. The minimum absolute atomic E-state index is 0.0489. The molecule has 1 amide bonds. The summed E-state index contributed by atoms with van der Waals surface area (Å²) >= 11 is 6.07. The third-order valence-electron chi connectivity index (χ3n) is 2.90. The second kappa shape index (κ2) is 5.83. The molecule has 0 spiro atoms. The summed E-state index contributed by atoms with van der Waals surface area (Å²) in [5, 5.41) is 11.1. The molecule has 0 unspecified atom stereocenters. The van der Waals surface area contributed by atoms with Gasteiger partial charge in [0.1, 0.15) is 12.2 Å². The van der Waals surface area contributed by atoms with E-state index in [0.717, 1.165) is 5.56 Å². The minimum atomic E-state index is -0.588. The van der Waals surface area contributed by atoms with Crippen LogP contribution >= 0.6 is 11.6 Å². The number of halogens is 1. The van der Waals surface area contributed by atoms with Crippen LogP contribution in [0, 0.1) is 6.92 Å². The predicted molar refractivity (Wildman–Crippen MR) is 82.1 cm³/mol. The Hall–Kier alpha value is -1.92. The SMILES string of the molecule is Cc1ccc(NC(=O)Cn2cc(C(C)(C)N)nn2)c(Cl)c1. The van der Waals surface area contributed by atoms with Gasteiger partial charge in [0.15, 0.2) is 0 Å². The molecular formula is C14H18ClN5O. The first-order valence-electron chi connectivity index (χ1n) is 6.51. The quantitative estimate of drug-likeness (QED) is 0.905. The molecule has 0 saturated carbocycles. The Balaban J connectivity index is 2.03. The lowest BCUT2D eigenvalue weighted by Crippen LogP contribution is -2.29. The van der Waals surface area contributed by atoms with Crippen LogP contribution in [0.3, 0.4) is 0 Å². The van der Waals surface area contributed by atoms with Crippen LogP contribution in [0.25, 0.3) is 0 Å². The third-order valence-corrected chi connectivity index (χ3v) is 3.22. The van der Waals surface area contributed by atoms with Crippen molar-refractivity contribution in [1.29, 1.82) is 0 Å². The van der Waals surface area contributed by atoms with Gasteiger partial charge in [0.2, 0.25) is 5.91 Å². The molecule has 0 atom stereocenters. The van der Waals surface area contributed by atoms with Gasteiger partial charge in [-0.3, -0.25) is 4.79 Å². The number of hydrogen-bond acceptors (Lipinski definition) is 4. The lowest BCUT2D eigenvalue weighted by molar-refractivity contribution is -0.116. The summed E-state index contributed by atoms with van der Waals surface area (Å²) in [4.78, 5) is 12.0. The van der Waals surface area contributed by atoms with Gasteiger partial charge in [-0.15, -0.1) is 5.10 Å². The highest BCUT2D eigenvalue weighted by molar-refractivity contribution is 6.33. The lowest BCUT2D eigenvalue weighted by Gasteiger charge is -2.13. The van der Waals surface area contributed by atoms with Gasteiger partial charge < -0.3 is 11.1 Å². The molecule has 7 heteroatoms. The maximum Gasteiger partial charge on any atom is 0.246 e. The maximum atomic E-state index is 12.0. The number of aryl methyl sites for hydroxylation is 1. The van der Waals surface area contributed by atoms with Crippen molar-refractivity contribution in [3.63, 3.8) is 0 Å². The van der Waals surface area contributed by atoms with Gasteiger partial charge in [-0.2, -0.15) is 0 Å². The molecule has 0 radical (unpaired) electrons. The molecule has 1 aromatic heterocycles. The first-order valence-corrected chi connectivity index (χ1v) is 6.89. The molecule has 6 nitrogen and oxygen atoms in total. The summed E-state index contributed by atoms with van der Waals surface area (Å²) in [6, 6.07) is 5.44. The minimum Gasteiger partial charge on any atom is -0.323 e. The fraction of sp³-hybridized carbons (Fsp3) is 0.357. The van der Waals surface area contributed by atoms with Gasteiger partial charge in [0.25, 0.3) is 0 Å². The fourth-order valence-corrected chi connectivity index (χ4v) is 2.01. The van der Waals surface area contributed by atoms with Crippen LogP contribution in [0.4, 0.5) is 5.69 Å². The summed E-state index contributed by atoms with van der Waals surface area (Å²) < 4.78 is 1.45. The molecule has 0 bridgehead atoms. The Kier molecular flexibility index (Phi) is 4.29. The Morgan fingerprint density at radius 1 is 1.48 bits per heavy atom. The normalized spacial score (nSPS) is 11.5. The van der Waals surface area contributed by atoms with Gasteiger partial charge in [0, 0.05) is 0 Å². The molecule has 3 N–H and O–H groups in total. The molecule has 0 fully saturated rings. The zero-order valence-electron chi connectivity index (χ0n) is 12.2. The van der Waals surface area contributed by atoms with Crippen LogP contribution < -0.4 is 11.1 Å². The van der Waals surface area contributed by atoms with Gasteiger partial charge in [0.05, 0.1) is 22.4 Å². The van der Waals surface area contributed by atoms with Crippen molar-refractivity contribution in [3.8, 4) is 0 Å². The van der Waals surface area contributed by atoms with Crippen molar-refractivity contribution in [1.82, 2.24) is 15.0 Å². The molecular weight excluding hydrogens is 290 g/mol. The number of nitrogens with two attached hydrogens (primary N) is 1. The van der Waals surface area contributed by atoms with Crippen molar-refractivity contribution < 1.29 is 4.79 Å². The predicted octanol–water partition coefficient (Wildman–Crippen LogP) is 2.07.